The smallest absolute Gasteiger partial charge is 0.384 e. The fourth-order valence-electron chi connectivity index (χ4n) is 2.94. The maximum atomic E-state index is 12.3. The van der Waals surface area contributed by atoms with Gasteiger partial charge in [-0.3, -0.25) is 9.15 Å². The lowest BCUT2D eigenvalue weighted by Gasteiger charge is -2.25. The molecule has 3 rings (SSSR count). The van der Waals surface area contributed by atoms with Gasteiger partial charge in [0, 0.05) is 0 Å². The van der Waals surface area contributed by atoms with Crippen molar-refractivity contribution in [1.82, 2.24) is 0 Å². The number of esters is 2. The van der Waals surface area contributed by atoms with Crippen LogP contribution < -0.4 is 0 Å². The predicted molar refractivity (Wildman–Crippen MR) is 88.1 cm³/mol. The van der Waals surface area contributed by atoms with E-state index >= 15 is 0 Å². The first-order chi connectivity index (χ1) is 12.0. The molecule has 6 nitrogen and oxygen atoms in total. The first-order valence-corrected chi connectivity index (χ1v) is 8.56. The van der Waals surface area contributed by atoms with Gasteiger partial charge in [-0.05, 0) is 45.1 Å². The van der Waals surface area contributed by atoms with Gasteiger partial charge in [0.2, 0.25) is 0 Å². The van der Waals surface area contributed by atoms with Crippen LogP contribution in [0.15, 0.2) is 39.5 Å². The van der Waals surface area contributed by atoms with E-state index in [0.29, 0.717) is 0 Å². The van der Waals surface area contributed by atoms with Gasteiger partial charge < -0.3 is 9.47 Å². The average molecular weight is 346 g/mol. The van der Waals surface area contributed by atoms with Gasteiger partial charge in [-0.1, -0.05) is 36.8 Å². The molecule has 0 bridgehead atoms. The molecule has 1 fully saturated rings. The first kappa shape index (κ1) is 17.3. The molecule has 134 valence electrons. The molecule has 0 saturated heterocycles. The average Bonchev–Trinajstić information content (AvgIpc) is 2.55. The van der Waals surface area contributed by atoms with Gasteiger partial charge in [0.1, 0.15) is 11.7 Å². The lowest BCUT2D eigenvalue weighted by Crippen LogP contribution is -2.28. The Morgan fingerprint density at radius 1 is 0.960 bits per heavy atom. The third-order valence-electron chi connectivity index (χ3n) is 4.43. The Morgan fingerprint density at radius 3 is 2.16 bits per heavy atom. The summed E-state index contributed by atoms with van der Waals surface area (Å²) < 4.78 is 20.3. The number of carbonyl (C=O) groups excluding carboxylic acids is 2. The number of rotatable bonds is 5. The minimum atomic E-state index is -0.872. The van der Waals surface area contributed by atoms with E-state index in [-0.39, 0.29) is 17.6 Å². The molecule has 0 atom stereocenters. The number of hydrogen-bond acceptors (Lipinski definition) is 6. The van der Waals surface area contributed by atoms with Gasteiger partial charge in [-0.2, -0.15) is 0 Å². The summed E-state index contributed by atoms with van der Waals surface area (Å²) >= 11 is 0. The number of benzene rings is 1. The van der Waals surface area contributed by atoms with E-state index in [1.54, 1.807) is 13.8 Å². The predicted octanol–water partition coefficient (Wildman–Crippen LogP) is 4.45. The van der Waals surface area contributed by atoms with Crippen molar-refractivity contribution in [3.05, 3.63) is 47.4 Å². The van der Waals surface area contributed by atoms with E-state index in [1.165, 1.54) is 0 Å². The molecule has 1 heterocycles. The standard InChI is InChI=1S/C19H22O6/c1-19(2,13-9-5-3-6-10-13)23-18(21)16-15(24-25-16)17(20)22-14-11-7-4-8-12-14/h3,5-6,9-10,14H,4,7-8,11-12H2,1-2H3. The molecule has 0 radical (unpaired) electrons. The van der Waals surface area contributed by atoms with Crippen molar-refractivity contribution in [2.24, 2.45) is 0 Å². The van der Waals surface area contributed by atoms with Crippen LogP contribution >= 0.6 is 0 Å². The molecule has 0 N–H and O–H groups in total. The second-order valence-electron chi connectivity index (χ2n) is 6.76. The second-order valence-corrected chi connectivity index (χ2v) is 6.76. The second kappa shape index (κ2) is 7.17. The molecule has 1 aliphatic rings. The number of hydrogen-bond donors (Lipinski definition) is 0. The summed E-state index contributed by atoms with van der Waals surface area (Å²) in [6.07, 6.45) is 4.77. The van der Waals surface area contributed by atoms with E-state index in [2.05, 4.69) is 0 Å². The maximum absolute atomic E-state index is 12.3. The Morgan fingerprint density at radius 2 is 1.56 bits per heavy atom. The summed E-state index contributed by atoms with van der Waals surface area (Å²) in [5.41, 5.74) is -0.0432. The van der Waals surface area contributed by atoms with Crippen molar-refractivity contribution in [2.75, 3.05) is 0 Å². The van der Waals surface area contributed by atoms with Crippen molar-refractivity contribution in [2.45, 2.75) is 57.7 Å². The van der Waals surface area contributed by atoms with Gasteiger partial charge >= 0.3 is 23.5 Å². The van der Waals surface area contributed by atoms with E-state index in [0.717, 1.165) is 37.7 Å². The fourth-order valence-corrected chi connectivity index (χ4v) is 2.94. The Labute approximate surface area is 146 Å². The van der Waals surface area contributed by atoms with Crippen molar-refractivity contribution in [3.8, 4) is 0 Å². The lowest BCUT2D eigenvalue weighted by molar-refractivity contribution is -0.0607. The SMILES string of the molecule is CC(C)(OC(=O)c1ooc1C(=O)OC1CCCCC1)c1ccccc1. The highest BCUT2D eigenvalue weighted by molar-refractivity contribution is 5.99. The molecular weight excluding hydrogens is 324 g/mol. The van der Waals surface area contributed by atoms with Crippen molar-refractivity contribution in [3.63, 3.8) is 0 Å². The molecule has 25 heavy (non-hydrogen) atoms. The van der Waals surface area contributed by atoms with Gasteiger partial charge in [0.05, 0.1) is 0 Å². The zero-order chi connectivity index (χ0) is 17.9. The van der Waals surface area contributed by atoms with Crippen LogP contribution in [-0.2, 0) is 15.1 Å². The van der Waals surface area contributed by atoms with Gasteiger partial charge in [-0.15, -0.1) is 0 Å². The van der Waals surface area contributed by atoms with Gasteiger partial charge in [0.15, 0.2) is 0 Å². The summed E-state index contributed by atoms with van der Waals surface area (Å²) in [6, 6.07) is 9.32. The van der Waals surface area contributed by atoms with E-state index < -0.39 is 17.5 Å². The number of carbonyl (C=O) groups is 2. The summed E-state index contributed by atoms with van der Waals surface area (Å²) in [7, 11) is 0. The molecule has 0 spiro atoms. The summed E-state index contributed by atoms with van der Waals surface area (Å²) in [5.74, 6) is -1.90. The van der Waals surface area contributed by atoms with Gasteiger partial charge in [-0.25, -0.2) is 9.59 Å². The van der Waals surface area contributed by atoms with Crippen molar-refractivity contribution in [1.29, 1.82) is 0 Å². The summed E-state index contributed by atoms with van der Waals surface area (Å²) in [6.45, 7) is 3.53. The Balaban J connectivity index is 1.64. The van der Waals surface area contributed by atoms with Crippen LogP contribution in [-0.4, -0.2) is 18.0 Å². The topological polar surface area (TPSA) is 78.9 Å². The quantitative estimate of drug-likeness (QED) is 0.588. The fraction of sp³-hybridized carbons (Fsp3) is 0.474. The molecule has 6 heteroatoms. The third-order valence-corrected chi connectivity index (χ3v) is 4.43. The first-order valence-electron chi connectivity index (χ1n) is 8.56. The van der Waals surface area contributed by atoms with Crippen LogP contribution in [0.4, 0.5) is 0 Å². The van der Waals surface area contributed by atoms with Crippen LogP contribution in [0.1, 0.15) is 72.6 Å². The molecule has 2 aromatic rings. The Kier molecular flexibility index (Phi) is 4.97. The lowest BCUT2D eigenvalue weighted by atomic mass is 9.98. The highest BCUT2D eigenvalue weighted by Gasteiger charge is 2.36. The van der Waals surface area contributed by atoms with Gasteiger partial charge in [0.25, 0.3) is 0 Å². The highest BCUT2D eigenvalue weighted by atomic mass is 17.0. The number of ether oxygens (including phenoxy) is 2. The molecule has 0 unspecified atom stereocenters. The van der Waals surface area contributed by atoms with Crippen molar-refractivity contribution < 1.29 is 28.2 Å². The van der Waals surface area contributed by atoms with Crippen LogP contribution in [0, 0.1) is 0 Å². The zero-order valence-corrected chi connectivity index (χ0v) is 14.4. The normalized spacial score (nSPS) is 15.8. The monoisotopic (exact) mass is 346 g/mol. The molecular formula is C19H22O6. The van der Waals surface area contributed by atoms with Crippen LogP contribution in [0.2, 0.25) is 0 Å². The Hall–Kier alpha value is -2.50. The molecule has 1 aromatic carbocycles. The van der Waals surface area contributed by atoms with E-state index in [4.69, 9.17) is 18.6 Å². The van der Waals surface area contributed by atoms with Crippen LogP contribution in [0.5, 0.6) is 0 Å². The van der Waals surface area contributed by atoms with E-state index in [9.17, 15) is 9.59 Å². The third kappa shape index (κ3) is 3.95. The molecule has 1 saturated carbocycles. The molecule has 0 amide bonds. The maximum Gasteiger partial charge on any atom is 0.384 e. The van der Waals surface area contributed by atoms with Crippen molar-refractivity contribution >= 4 is 11.9 Å². The molecule has 1 aromatic heterocycles. The molecule has 1 aliphatic carbocycles. The van der Waals surface area contributed by atoms with Crippen LogP contribution in [0.25, 0.3) is 0 Å². The summed E-state index contributed by atoms with van der Waals surface area (Å²) in [4.78, 5) is 24.5. The Bertz CT molecular complexity index is 718. The zero-order valence-electron chi connectivity index (χ0n) is 14.4. The van der Waals surface area contributed by atoms with Crippen LogP contribution in [0.3, 0.4) is 0 Å². The highest BCUT2D eigenvalue weighted by Crippen LogP contribution is 2.28. The minimum absolute atomic E-state index is 0.129. The summed E-state index contributed by atoms with van der Waals surface area (Å²) in [5, 5.41) is 0. The molecule has 0 aliphatic heterocycles. The van der Waals surface area contributed by atoms with E-state index in [1.807, 2.05) is 30.3 Å². The largest absolute Gasteiger partial charge is 0.456 e. The minimum Gasteiger partial charge on any atom is -0.456 e.